The molecular formula is C16H25FN2O. The van der Waals surface area contributed by atoms with E-state index in [1.807, 2.05) is 0 Å². The summed E-state index contributed by atoms with van der Waals surface area (Å²) in [6, 6.07) is 5.24. The number of hydrogen-bond acceptors (Lipinski definition) is 3. The van der Waals surface area contributed by atoms with E-state index in [4.69, 9.17) is 10.5 Å². The summed E-state index contributed by atoms with van der Waals surface area (Å²) in [6.07, 6.45) is 4.82. The number of nitrogens with zero attached hydrogens (tertiary/aromatic N) is 1. The minimum Gasteiger partial charge on any atom is -0.493 e. The molecule has 0 spiro atoms. The average molecular weight is 280 g/mol. The van der Waals surface area contributed by atoms with E-state index in [1.54, 1.807) is 19.1 Å². The summed E-state index contributed by atoms with van der Waals surface area (Å²) in [6.45, 7) is 3.58. The molecule has 0 aliphatic carbocycles. The van der Waals surface area contributed by atoms with Crippen molar-refractivity contribution in [2.45, 2.75) is 44.7 Å². The van der Waals surface area contributed by atoms with Crippen LogP contribution in [-0.2, 0) is 0 Å². The van der Waals surface area contributed by atoms with Crippen LogP contribution < -0.4 is 10.5 Å². The minimum atomic E-state index is -0.292. The number of likely N-dealkylation sites (tertiary alicyclic amines) is 1. The molecule has 1 fully saturated rings. The van der Waals surface area contributed by atoms with E-state index < -0.39 is 0 Å². The van der Waals surface area contributed by atoms with E-state index >= 15 is 0 Å². The molecule has 2 atom stereocenters. The van der Waals surface area contributed by atoms with Gasteiger partial charge in [-0.1, -0.05) is 12.5 Å². The van der Waals surface area contributed by atoms with E-state index in [-0.39, 0.29) is 11.9 Å². The summed E-state index contributed by atoms with van der Waals surface area (Å²) >= 11 is 0. The van der Waals surface area contributed by atoms with Crippen LogP contribution in [0.1, 0.15) is 44.2 Å². The van der Waals surface area contributed by atoms with Gasteiger partial charge in [-0.2, -0.15) is 0 Å². The second-order valence-corrected chi connectivity index (χ2v) is 5.74. The zero-order valence-electron chi connectivity index (χ0n) is 12.4. The number of benzene rings is 1. The van der Waals surface area contributed by atoms with Gasteiger partial charge in [0.05, 0.1) is 6.61 Å². The molecule has 1 aromatic carbocycles. The molecule has 0 aromatic heterocycles. The third kappa shape index (κ3) is 3.93. The van der Waals surface area contributed by atoms with Gasteiger partial charge in [0.25, 0.3) is 0 Å². The molecule has 0 saturated carbocycles. The standard InChI is InChI=1S/C16H25FN2O/c1-12(18)15-7-6-14(11-16(15)17)20-10-8-13-5-3-4-9-19(13)2/h6-7,11-13H,3-5,8-10,18H2,1-2H3/t12-,13?/m0/s1. The van der Waals surface area contributed by atoms with Gasteiger partial charge in [0.15, 0.2) is 0 Å². The SMILES string of the molecule is C[C@H](N)c1ccc(OCCC2CCCCN2C)cc1F. The Hall–Kier alpha value is -1.13. The lowest BCUT2D eigenvalue weighted by atomic mass is 10.0. The number of hydrogen-bond donors (Lipinski definition) is 1. The largest absolute Gasteiger partial charge is 0.493 e. The van der Waals surface area contributed by atoms with Crippen molar-refractivity contribution in [1.82, 2.24) is 4.90 Å². The number of ether oxygens (including phenoxy) is 1. The molecule has 1 aliphatic heterocycles. The minimum absolute atomic E-state index is 0.285. The molecule has 1 unspecified atom stereocenters. The zero-order valence-corrected chi connectivity index (χ0v) is 12.4. The quantitative estimate of drug-likeness (QED) is 0.900. The molecule has 0 amide bonds. The lowest BCUT2D eigenvalue weighted by Crippen LogP contribution is -2.37. The Morgan fingerprint density at radius 1 is 1.45 bits per heavy atom. The van der Waals surface area contributed by atoms with Gasteiger partial charge < -0.3 is 15.4 Å². The van der Waals surface area contributed by atoms with E-state index in [2.05, 4.69) is 11.9 Å². The third-order valence-electron chi connectivity index (χ3n) is 4.10. The van der Waals surface area contributed by atoms with Crippen molar-refractivity contribution in [1.29, 1.82) is 0 Å². The Morgan fingerprint density at radius 3 is 2.90 bits per heavy atom. The van der Waals surface area contributed by atoms with Crippen LogP contribution in [0.15, 0.2) is 18.2 Å². The first-order valence-corrected chi connectivity index (χ1v) is 7.46. The average Bonchev–Trinajstić information content (AvgIpc) is 2.40. The fourth-order valence-corrected chi connectivity index (χ4v) is 2.79. The summed E-state index contributed by atoms with van der Waals surface area (Å²) in [5.74, 6) is 0.303. The highest BCUT2D eigenvalue weighted by molar-refractivity contribution is 5.30. The summed E-state index contributed by atoms with van der Waals surface area (Å²) in [4.78, 5) is 2.40. The Kier molecular flexibility index (Phi) is 5.38. The van der Waals surface area contributed by atoms with Gasteiger partial charge in [0.2, 0.25) is 0 Å². The molecule has 3 nitrogen and oxygen atoms in total. The number of rotatable bonds is 5. The van der Waals surface area contributed by atoms with Crippen molar-refractivity contribution in [3.8, 4) is 5.75 Å². The van der Waals surface area contributed by atoms with Crippen molar-refractivity contribution in [2.24, 2.45) is 5.73 Å². The van der Waals surface area contributed by atoms with Crippen LogP contribution >= 0.6 is 0 Å². The van der Waals surface area contributed by atoms with Gasteiger partial charge in [0, 0.05) is 23.7 Å². The van der Waals surface area contributed by atoms with E-state index in [1.165, 1.54) is 31.9 Å². The summed E-state index contributed by atoms with van der Waals surface area (Å²) < 4.78 is 19.4. The van der Waals surface area contributed by atoms with Crippen LogP contribution in [0, 0.1) is 5.82 Å². The molecular weight excluding hydrogens is 255 g/mol. The van der Waals surface area contributed by atoms with Gasteiger partial charge in [-0.25, -0.2) is 4.39 Å². The number of halogens is 1. The monoisotopic (exact) mass is 280 g/mol. The predicted molar refractivity (Wildman–Crippen MR) is 79.4 cm³/mol. The molecule has 4 heteroatoms. The predicted octanol–water partition coefficient (Wildman–Crippen LogP) is 3.10. The first-order valence-electron chi connectivity index (χ1n) is 7.46. The maximum atomic E-state index is 13.8. The second kappa shape index (κ2) is 7.04. The van der Waals surface area contributed by atoms with Crippen LogP contribution in [0.4, 0.5) is 4.39 Å². The fraction of sp³-hybridized carbons (Fsp3) is 0.625. The van der Waals surface area contributed by atoms with Crippen molar-refractivity contribution >= 4 is 0 Å². The molecule has 20 heavy (non-hydrogen) atoms. The first kappa shape index (κ1) is 15.3. The molecule has 1 heterocycles. The molecule has 0 bridgehead atoms. The fourth-order valence-electron chi connectivity index (χ4n) is 2.79. The van der Waals surface area contributed by atoms with Gasteiger partial charge in [0.1, 0.15) is 11.6 Å². The highest BCUT2D eigenvalue weighted by Gasteiger charge is 2.18. The molecule has 112 valence electrons. The smallest absolute Gasteiger partial charge is 0.131 e. The van der Waals surface area contributed by atoms with Crippen molar-refractivity contribution in [3.63, 3.8) is 0 Å². The number of piperidine rings is 1. The van der Waals surface area contributed by atoms with Crippen LogP contribution in [0.3, 0.4) is 0 Å². The van der Waals surface area contributed by atoms with Crippen LogP contribution in [0.2, 0.25) is 0 Å². The van der Waals surface area contributed by atoms with E-state index in [0.29, 0.717) is 24.0 Å². The topological polar surface area (TPSA) is 38.5 Å². The third-order valence-corrected chi connectivity index (χ3v) is 4.10. The lowest BCUT2D eigenvalue weighted by Gasteiger charge is -2.32. The summed E-state index contributed by atoms with van der Waals surface area (Å²) in [5.41, 5.74) is 6.22. The molecule has 0 radical (unpaired) electrons. The van der Waals surface area contributed by atoms with Crippen molar-refractivity contribution < 1.29 is 9.13 Å². The maximum Gasteiger partial charge on any atom is 0.131 e. The van der Waals surface area contributed by atoms with Gasteiger partial charge >= 0.3 is 0 Å². The summed E-state index contributed by atoms with van der Waals surface area (Å²) in [5, 5.41) is 0. The highest BCUT2D eigenvalue weighted by Crippen LogP contribution is 2.22. The Labute approximate surface area is 120 Å². The van der Waals surface area contributed by atoms with E-state index in [0.717, 1.165) is 6.42 Å². The number of nitrogens with two attached hydrogens (primary N) is 1. The maximum absolute atomic E-state index is 13.8. The van der Waals surface area contributed by atoms with Crippen molar-refractivity contribution in [2.75, 3.05) is 20.2 Å². The lowest BCUT2D eigenvalue weighted by molar-refractivity contribution is 0.153. The van der Waals surface area contributed by atoms with Gasteiger partial charge in [-0.05, 0) is 45.8 Å². The molecule has 1 saturated heterocycles. The Balaban J connectivity index is 1.83. The zero-order chi connectivity index (χ0) is 14.5. The molecule has 1 aliphatic rings. The second-order valence-electron chi connectivity index (χ2n) is 5.74. The summed E-state index contributed by atoms with van der Waals surface area (Å²) in [7, 11) is 2.17. The van der Waals surface area contributed by atoms with Crippen molar-refractivity contribution in [3.05, 3.63) is 29.6 Å². The normalized spacial score (nSPS) is 21.7. The Morgan fingerprint density at radius 2 is 2.25 bits per heavy atom. The molecule has 1 aromatic rings. The molecule has 2 N–H and O–H groups in total. The van der Waals surface area contributed by atoms with Gasteiger partial charge in [-0.15, -0.1) is 0 Å². The molecule has 2 rings (SSSR count). The van der Waals surface area contributed by atoms with Crippen LogP contribution in [0.5, 0.6) is 5.75 Å². The van der Waals surface area contributed by atoms with Gasteiger partial charge in [-0.3, -0.25) is 0 Å². The van der Waals surface area contributed by atoms with Crippen LogP contribution in [0.25, 0.3) is 0 Å². The van der Waals surface area contributed by atoms with E-state index in [9.17, 15) is 4.39 Å². The first-order chi connectivity index (χ1) is 9.58. The van der Waals surface area contributed by atoms with Crippen LogP contribution in [-0.4, -0.2) is 31.1 Å². The Bertz CT molecular complexity index is 436. The highest BCUT2D eigenvalue weighted by atomic mass is 19.1.